The van der Waals surface area contributed by atoms with E-state index in [1.807, 2.05) is 23.1 Å². The van der Waals surface area contributed by atoms with E-state index in [1.165, 1.54) is 0 Å². The van der Waals surface area contributed by atoms with Crippen molar-refractivity contribution in [3.8, 4) is 11.5 Å². The molecule has 2 aliphatic rings. The first kappa shape index (κ1) is 20.7. The Morgan fingerprint density at radius 1 is 1.10 bits per heavy atom. The molecule has 1 fully saturated rings. The van der Waals surface area contributed by atoms with Crippen LogP contribution in [0.5, 0.6) is 11.5 Å². The molecule has 10 heteroatoms. The normalized spacial score (nSPS) is 15.7. The number of benzene rings is 1. The van der Waals surface area contributed by atoms with E-state index in [1.54, 1.807) is 25.5 Å². The van der Waals surface area contributed by atoms with E-state index in [0.717, 1.165) is 30.2 Å². The summed E-state index contributed by atoms with van der Waals surface area (Å²) in [5.41, 5.74) is 1.06. The number of nitrogens with zero attached hydrogens (tertiary/aromatic N) is 5. The third-order valence-electron chi connectivity index (χ3n) is 5.22. The van der Waals surface area contributed by atoms with Crippen LogP contribution in [-0.2, 0) is 11.3 Å². The average molecular weight is 425 g/mol. The van der Waals surface area contributed by atoms with Crippen LogP contribution in [0.25, 0.3) is 0 Å². The van der Waals surface area contributed by atoms with E-state index in [9.17, 15) is 4.79 Å². The second-order valence-electron chi connectivity index (χ2n) is 7.21. The molecule has 1 amide bonds. The van der Waals surface area contributed by atoms with Crippen molar-refractivity contribution in [3.63, 3.8) is 0 Å². The van der Waals surface area contributed by atoms with Gasteiger partial charge in [-0.25, -0.2) is 9.97 Å². The van der Waals surface area contributed by atoms with Gasteiger partial charge in [0.2, 0.25) is 18.6 Å². The maximum Gasteiger partial charge on any atom is 0.231 e. The molecule has 1 saturated heterocycles. The van der Waals surface area contributed by atoms with E-state index in [-0.39, 0.29) is 12.7 Å². The summed E-state index contributed by atoms with van der Waals surface area (Å²) in [6, 6.07) is 7.63. The summed E-state index contributed by atoms with van der Waals surface area (Å²) in [7, 11) is 1.71. The number of aromatic nitrogens is 2. The lowest BCUT2D eigenvalue weighted by Crippen LogP contribution is -2.50. The lowest BCUT2D eigenvalue weighted by Gasteiger charge is -2.34. The standard InChI is InChI=1S/C21H27N7O3/c1-22-20(26-14-16-3-4-17-18(13-16)31-15-30-17)23-8-5-19(29)27-9-11-28(12-10-27)21-24-6-2-7-25-21/h2-4,6-7,13H,5,8-12,14-15H2,1H3,(H2,22,23,26). The second kappa shape index (κ2) is 9.96. The lowest BCUT2D eigenvalue weighted by atomic mass is 10.2. The van der Waals surface area contributed by atoms with Crippen molar-refractivity contribution in [1.29, 1.82) is 0 Å². The van der Waals surface area contributed by atoms with Gasteiger partial charge < -0.3 is 29.9 Å². The molecule has 4 rings (SSSR count). The molecule has 0 aliphatic carbocycles. The van der Waals surface area contributed by atoms with E-state index >= 15 is 0 Å². The number of piperazine rings is 1. The van der Waals surface area contributed by atoms with Crippen molar-refractivity contribution in [2.45, 2.75) is 13.0 Å². The van der Waals surface area contributed by atoms with Crippen LogP contribution in [0.1, 0.15) is 12.0 Å². The van der Waals surface area contributed by atoms with Crippen molar-refractivity contribution in [3.05, 3.63) is 42.2 Å². The van der Waals surface area contributed by atoms with Crippen LogP contribution in [0.15, 0.2) is 41.7 Å². The molecule has 0 radical (unpaired) electrons. The van der Waals surface area contributed by atoms with Crippen molar-refractivity contribution in [1.82, 2.24) is 25.5 Å². The predicted octanol–water partition coefficient (Wildman–Crippen LogP) is 0.609. The lowest BCUT2D eigenvalue weighted by molar-refractivity contribution is -0.131. The second-order valence-corrected chi connectivity index (χ2v) is 7.21. The van der Waals surface area contributed by atoms with Crippen LogP contribution in [0.3, 0.4) is 0 Å². The number of anilines is 1. The van der Waals surface area contributed by atoms with E-state index in [0.29, 0.717) is 44.5 Å². The number of hydrogen-bond acceptors (Lipinski definition) is 7. The number of carbonyl (C=O) groups excluding carboxylic acids is 1. The Morgan fingerprint density at radius 2 is 1.87 bits per heavy atom. The molecule has 2 aliphatic heterocycles. The van der Waals surface area contributed by atoms with Gasteiger partial charge in [-0.2, -0.15) is 0 Å². The van der Waals surface area contributed by atoms with E-state index in [4.69, 9.17) is 9.47 Å². The molecule has 31 heavy (non-hydrogen) atoms. The number of nitrogens with one attached hydrogen (secondary N) is 2. The Bertz CT molecular complexity index is 914. The summed E-state index contributed by atoms with van der Waals surface area (Å²) in [5, 5.41) is 6.45. The molecule has 3 heterocycles. The minimum absolute atomic E-state index is 0.132. The van der Waals surface area contributed by atoms with Crippen molar-refractivity contribution in [2.75, 3.05) is 51.5 Å². The van der Waals surface area contributed by atoms with Gasteiger partial charge >= 0.3 is 0 Å². The first-order chi connectivity index (χ1) is 15.2. The fourth-order valence-electron chi connectivity index (χ4n) is 3.51. The first-order valence-corrected chi connectivity index (χ1v) is 10.4. The number of ether oxygens (including phenoxy) is 2. The van der Waals surface area contributed by atoms with E-state index in [2.05, 4.69) is 30.5 Å². The minimum atomic E-state index is 0.132. The number of rotatable bonds is 6. The van der Waals surface area contributed by atoms with Crippen LogP contribution in [0, 0.1) is 0 Å². The number of guanidine groups is 1. The molecule has 0 unspecified atom stereocenters. The summed E-state index contributed by atoms with van der Waals surface area (Å²) in [6.07, 6.45) is 3.88. The van der Waals surface area contributed by atoms with Crippen molar-refractivity contribution >= 4 is 17.8 Å². The van der Waals surface area contributed by atoms with Crippen molar-refractivity contribution < 1.29 is 14.3 Å². The van der Waals surface area contributed by atoms with Gasteiger partial charge in [0.25, 0.3) is 0 Å². The highest BCUT2D eigenvalue weighted by atomic mass is 16.7. The van der Waals surface area contributed by atoms with Gasteiger partial charge in [-0.1, -0.05) is 6.07 Å². The Kier molecular flexibility index (Phi) is 6.65. The molecule has 1 aromatic heterocycles. The SMILES string of the molecule is CN=C(NCCC(=O)N1CCN(c2ncccn2)CC1)NCc1ccc2c(c1)OCO2. The Morgan fingerprint density at radius 3 is 2.65 bits per heavy atom. The first-order valence-electron chi connectivity index (χ1n) is 10.4. The van der Waals surface area contributed by atoms with Gasteiger partial charge in [0, 0.05) is 65.1 Å². The highest BCUT2D eigenvalue weighted by Gasteiger charge is 2.22. The van der Waals surface area contributed by atoms with Crippen LogP contribution in [0.2, 0.25) is 0 Å². The zero-order valence-corrected chi connectivity index (χ0v) is 17.6. The molecule has 10 nitrogen and oxygen atoms in total. The van der Waals surface area contributed by atoms with Crippen molar-refractivity contribution in [2.24, 2.45) is 4.99 Å². The predicted molar refractivity (Wildman–Crippen MR) is 116 cm³/mol. The zero-order chi connectivity index (χ0) is 21.5. The molecule has 164 valence electrons. The monoisotopic (exact) mass is 425 g/mol. The molecule has 0 saturated carbocycles. The number of amides is 1. The Labute approximate surface area is 181 Å². The number of hydrogen-bond donors (Lipinski definition) is 2. The van der Waals surface area contributed by atoms with Crippen LogP contribution in [0.4, 0.5) is 5.95 Å². The van der Waals surface area contributed by atoms with Gasteiger partial charge in [0.15, 0.2) is 17.5 Å². The van der Waals surface area contributed by atoms with E-state index < -0.39 is 0 Å². The molecule has 0 atom stereocenters. The van der Waals surface area contributed by atoms with Crippen LogP contribution >= 0.6 is 0 Å². The fourth-order valence-corrected chi connectivity index (χ4v) is 3.51. The van der Waals surface area contributed by atoms with Crippen LogP contribution < -0.4 is 25.0 Å². The third kappa shape index (κ3) is 5.33. The highest BCUT2D eigenvalue weighted by molar-refractivity contribution is 5.81. The number of aliphatic imine (C=N–C) groups is 1. The fraction of sp³-hybridized carbons (Fsp3) is 0.429. The zero-order valence-electron chi connectivity index (χ0n) is 17.6. The summed E-state index contributed by atoms with van der Waals surface area (Å²) in [5.74, 6) is 3.02. The summed E-state index contributed by atoms with van der Waals surface area (Å²) in [6.45, 7) is 4.19. The van der Waals surface area contributed by atoms with Gasteiger partial charge in [0.05, 0.1) is 0 Å². The molecule has 1 aromatic carbocycles. The maximum absolute atomic E-state index is 12.5. The Hall–Kier alpha value is -3.56. The largest absolute Gasteiger partial charge is 0.454 e. The molecular weight excluding hydrogens is 398 g/mol. The summed E-state index contributed by atoms with van der Waals surface area (Å²) in [4.78, 5) is 29.3. The number of carbonyl (C=O) groups is 1. The minimum Gasteiger partial charge on any atom is -0.454 e. The Balaban J connectivity index is 1.16. The summed E-state index contributed by atoms with van der Waals surface area (Å²) < 4.78 is 10.7. The van der Waals surface area contributed by atoms with Gasteiger partial charge in [-0.05, 0) is 23.8 Å². The highest BCUT2D eigenvalue weighted by Crippen LogP contribution is 2.32. The molecule has 2 N–H and O–H groups in total. The van der Waals surface area contributed by atoms with Crippen LogP contribution in [-0.4, -0.2) is 73.3 Å². The van der Waals surface area contributed by atoms with Gasteiger partial charge in [-0.3, -0.25) is 9.79 Å². The number of fused-ring (bicyclic) bond motifs is 1. The maximum atomic E-state index is 12.5. The topological polar surface area (TPSA) is 104 Å². The molecule has 0 spiro atoms. The smallest absolute Gasteiger partial charge is 0.231 e. The molecule has 0 bridgehead atoms. The van der Waals surface area contributed by atoms with Gasteiger partial charge in [0.1, 0.15) is 0 Å². The third-order valence-corrected chi connectivity index (χ3v) is 5.22. The molecular formula is C21H27N7O3. The average Bonchev–Trinajstić information content (AvgIpc) is 3.30. The van der Waals surface area contributed by atoms with Gasteiger partial charge in [-0.15, -0.1) is 0 Å². The summed E-state index contributed by atoms with van der Waals surface area (Å²) >= 11 is 0. The quantitative estimate of drug-likeness (QED) is 0.513. The molecule has 2 aromatic rings.